The molecular formula is C18H26O2. The second kappa shape index (κ2) is 6.43. The number of rotatable bonds is 4. The maximum atomic E-state index is 12.7. The van der Waals surface area contributed by atoms with Crippen LogP contribution in [0.4, 0.5) is 0 Å². The maximum Gasteiger partial charge on any atom is 0.166 e. The average Bonchev–Trinajstić information content (AvgIpc) is 2.48. The van der Waals surface area contributed by atoms with Gasteiger partial charge >= 0.3 is 0 Å². The third-order valence-corrected chi connectivity index (χ3v) is 4.80. The van der Waals surface area contributed by atoms with E-state index in [2.05, 4.69) is 6.92 Å². The van der Waals surface area contributed by atoms with Gasteiger partial charge < -0.3 is 4.74 Å². The normalized spacial score (nSPS) is 22.6. The molecular weight excluding hydrogens is 248 g/mol. The van der Waals surface area contributed by atoms with Crippen molar-refractivity contribution in [3.05, 3.63) is 28.8 Å². The van der Waals surface area contributed by atoms with Gasteiger partial charge in [-0.2, -0.15) is 0 Å². The molecule has 0 saturated heterocycles. The zero-order valence-electron chi connectivity index (χ0n) is 13.2. The number of ether oxygens (including phenoxy) is 1. The summed E-state index contributed by atoms with van der Waals surface area (Å²) in [6, 6.07) is 3.99. The van der Waals surface area contributed by atoms with Crippen molar-refractivity contribution < 1.29 is 9.53 Å². The summed E-state index contributed by atoms with van der Waals surface area (Å²) in [5.41, 5.74) is 2.97. The van der Waals surface area contributed by atoms with E-state index in [9.17, 15) is 4.79 Å². The first-order chi connectivity index (χ1) is 9.56. The minimum Gasteiger partial charge on any atom is -0.496 e. The molecule has 2 nitrogen and oxygen atoms in total. The number of carbonyl (C=O) groups excluding carboxylic acids is 1. The smallest absolute Gasteiger partial charge is 0.166 e. The van der Waals surface area contributed by atoms with Gasteiger partial charge in [0.25, 0.3) is 0 Å². The van der Waals surface area contributed by atoms with Gasteiger partial charge in [0.2, 0.25) is 0 Å². The van der Waals surface area contributed by atoms with Crippen LogP contribution in [0.1, 0.15) is 60.5 Å². The largest absolute Gasteiger partial charge is 0.496 e. The Morgan fingerprint density at radius 1 is 1.15 bits per heavy atom. The summed E-state index contributed by atoms with van der Waals surface area (Å²) >= 11 is 0. The fourth-order valence-corrected chi connectivity index (χ4v) is 3.33. The first-order valence-electron chi connectivity index (χ1n) is 7.76. The summed E-state index contributed by atoms with van der Waals surface area (Å²) in [6.45, 7) is 6.26. The maximum absolute atomic E-state index is 12.7. The van der Waals surface area contributed by atoms with Crippen LogP contribution >= 0.6 is 0 Å². The molecule has 0 unspecified atom stereocenters. The molecule has 0 heterocycles. The molecule has 2 heteroatoms. The molecule has 1 aromatic rings. The quantitative estimate of drug-likeness (QED) is 0.743. The second-order valence-electron chi connectivity index (χ2n) is 6.13. The van der Waals surface area contributed by atoms with Crippen LogP contribution in [0.3, 0.4) is 0 Å². The molecule has 1 fully saturated rings. The van der Waals surface area contributed by atoms with Crippen LogP contribution in [-0.4, -0.2) is 12.9 Å². The van der Waals surface area contributed by atoms with Crippen LogP contribution < -0.4 is 4.74 Å². The number of carbonyl (C=O) groups is 1. The number of benzene rings is 1. The number of ketones is 1. The van der Waals surface area contributed by atoms with E-state index in [4.69, 9.17) is 4.74 Å². The zero-order chi connectivity index (χ0) is 14.7. The summed E-state index contributed by atoms with van der Waals surface area (Å²) in [7, 11) is 1.68. The molecule has 1 aliphatic rings. The highest BCUT2D eigenvalue weighted by Gasteiger charge is 2.27. The minimum atomic E-state index is 0.226. The number of hydrogen-bond acceptors (Lipinski definition) is 2. The van der Waals surface area contributed by atoms with E-state index in [0.717, 1.165) is 41.2 Å². The van der Waals surface area contributed by atoms with Crippen molar-refractivity contribution in [1.82, 2.24) is 0 Å². The van der Waals surface area contributed by atoms with Gasteiger partial charge in [0.05, 0.1) is 7.11 Å². The molecule has 0 bridgehead atoms. The summed E-state index contributed by atoms with van der Waals surface area (Å²) in [5.74, 6) is 2.26. The Hall–Kier alpha value is -1.31. The number of hydrogen-bond donors (Lipinski definition) is 0. The Morgan fingerprint density at radius 3 is 2.35 bits per heavy atom. The van der Waals surface area contributed by atoms with E-state index in [0.29, 0.717) is 5.78 Å². The predicted molar refractivity (Wildman–Crippen MR) is 82.5 cm³/mol. The molecule has 0 radical (unpaired) electrons. The van der Waals surface area contributed by atoms with E-state index < -0.39 is 0 Å². The Labute approximate surface area is 122 Å². The van der Waals surface area contributed by atoms with Crippen LogP contribution in [-0.2, 0) is 0 Å². The van der Waals surface area contributed by atoms with Crippen LogP contribution in [0.15, 0.2) is 12.1 Å². The SMILES string of the molecule is CCC1CCC(C(=O)c2cc(C)c(OC)cc2C)CC1. The van der Waals surface area contributed by atoms with Gasteiger partial charge in [0.15, 0.2) is 5.78 Å². The molecule has 1 aromatic carbocycles. The standard InChI is InChI=1S/C18H26O2/c1-5-14-6-8-15(9-7-14)18(19)16-10-13(3)17(20-4)11-12(16)2/h10-11,14-15H,5-9H2,1-4H3. The Bertz CT molecular complexity index is 482. The molecule has 0 amide bonds. The van der Waals surface area contributed by atoms with Crippen molar-refractivity contribution in [2.24, 2.45) is 11.8 Å². The lowest BCUT2D eigenvalue weighted by molar-refractivity contribution is 0.0870. The van der Waals surface area contributed by atoms with Gasteiger partial charge in [-0.05, 0) is 68.7 Å². The van der Waals surface area contributed by atoms with Gasteiger partial charge in [-0.15, -0.1) is 0 Å². The van der Waals surface area contributed by atoms with Crippen LogP contribution in [0.2, 0.25) is 0 Å². The second-order valence-corrected chi connectivity index (χ2v) is 6.13. The lowest BCUT2D eigenvalue weighted by Crippen LogP contribution is -2.22. The summed E-state index contributed by atoms with van der Waals surface area (Å²) < 4.78 is 5.32. The average molecular weight is 274 g/mol. The van der Waals surface area contributed by atoms with Crippen LogP contribution in [0.25, 0.3) is 0 Å². The first kappa shape index (κ1) is 15.1. The topological polar surface area (TPSA) is 26.3 Å². The molecule has 1 saturated carbocycles. The third kappa shape index (κ3) is 3.05. The molecule has 1 aliphatic carbocycles. The van der Waals surface area contributed by atoms with E-state index >= 15 is 0 Å². The van der Waals surface area contributed by atoms with Gasteiger partial charge in [0, 0.05) is 11.5 Å². The van der Waals surface area contributed by atoms with Gasteiger partial charge in [-0.1, -0.05) is 13.3 Å². The van der Waals surface area contributed by atoms with Crippen LogP contribution in [0, 0.1) is 25.7 Å². The Balaban J connectivity index is 2.16. The molecule has 0 atom stereocenters. The summed E-state index contributed by atoms with van der Waals surface area (Å²) in [5, 5.41) is 0. The van der Waals surface area contributed by atoms with Crippen molar-refractivity contribution >= 4 is 5.78 Å². The number of methoxy groups -OCH3 is 1. The van der Waals surface area contributed by atoms with Crippen molar-refractivity contribution in [2.75, 3.05) is 7.11 Å². The highest BCUT2D eigenvalue weighted by atomic mass is 16.5. The monoisotopic (exact) mass is 274 g/mol. The lowest BCUT2D eigenvalue weighted by Gasteiger charge is -2.27. The number of Topliss-reactive ketones (excluding diaryl/α,β-unsaturated/α-hetero) is 1. The summed E-state index contributed by atoms with van der Waals surface area (Å²) in [4.78, 5) is 12.7. The molecule has 0 spiro atoms. The zero-order valence-corrected chi connectivity index (χ0v) is 13.2. The highest BCUT2D eigenvalue weighted by Crippen LogP contribution is 2.34. The Kier molecular flexibility index (Phi) is 4.85. The van der Waals surface area contributed by atoms with E-state index in [1.165, 1.54) is 19.3 Å². The van der Waals surface area contributed by atoms with Crippen molar-refractivity contribution in [2.45, 2.75) is 52.9 Å². The fraction of sp³-hybridized carbons (Fsp3) is 0.611. The molecule has 0 aromatic heterocycles. The predicted octanol–water partition coefficient (Wildman–Crippen LogP) is 4.71. The van der Waals surface area contributed by atoms with E-state index in [-0.39, 0.29) is 5.92 Å². The first-order valence-corrected chi connectivity index (χ1v) is 7.76. The van der Waals surface area contributed by atoms with E-state index in [1.54, 1.807) is 7.11 Å². The van der Waals surface area contributed by atoms with Crippen LogP contribution in [0.5, 0.6) is 5.75 Å². The minimum absolute atomic E-state index is 0.226. The van der Waals surface area contributed by atoms with Gasteiger partial charge in [-0.3, -0.25) is 4.79 Å². The molecule has 0 aliphatic heterocycles. The lowest BCUT2D eigenvalue weighted by atomic mass is 9.77. The van der Waals surface area contributed by atoms with Gasteiger partial charge in [0.1, 0.15) is 5.75 Å². The number of aryl methyl sites for hydroxylation is 2. The van der Waals surface area contributed by atoms with Crippen molar-refractivity contribution in [3.63, 3.8) is 0 Å². The third-order valence-electron chi connectivity index (χ3n) is 4.80. The molecule has 110 valence electrons. The van der Waals surface area contributed by atoms with Crippen molar-refractivity contribution in [3.8, 4) is 5.75 Å². The van der Waals surface area contributed by atoms with E-state index in [1.807, 2.05) is 26.0 Å². The molecule has 2 rings (SSSR count). The Morgan fingerprint density at radius 2 is 1.80 bits per heavy atom. The highest BCUT2D eigenvalue weighted by molar-refractivity contribution is 5.99. The van der Waals surface area contributed by atoms with Gasteiger partial charge in [-0.25, -0.2) is 0 Å². The summed E-state index contributed by atoms with van der Waals surface area (Å²) in [6.07, 6.45) is 5.79. The van der Waals surface area contributed by atoms with Crippen molar-refractivity contribution in [1.29, 1.82) is 0 Å². The molecule has 20 heavy (non-hydrogen) atoms. The fourth-order valence-electron chi connectivity index (χ4n) is 3.33. The molecule has 0 N–H and O–H groups in total.